The van der Waals surface area contributed by atoms with Crippen LogP contribution in [0.1, 0.15) is 45.6 Å². The standard InChI is InChI=1S/C17H24N2O2/c1-10-4-12(9-17(2,3)8-10)21-15-7-14-11(5-13(15)18)6-16(20)19-14/h5,7,10,12H,4,6,8-9,18H2,1-3H3,(H,19,20). The van der Waals surface area contributed by atoms with Crippen molar-refractivity contribution < 1.29 is 9.53 Å². The third-order valence-corrected chi connectivity index (χ3v) is 4.50. The molecule has 114 valence electrons. The zero-order valence-electron chi connectivity index (χ0n) is 13.0. The molecule has 1 fully saturated rings. The van der Waals surface area contributed by atoms with E-state index in [-0.39, 0.29) is 12.0 Å². The maximum atomic E-state index is 11.4. The van der Waals surface area contributed by atoms with E-state index in [4.69, 9.17) is 10.5 Å². The van der Waals surface area contributed by atoms with E-state index in [0.29, 0.717) is 29.2 Å². The molecule has 2 atom stereocenters. The molecule has 1 aliphatic carbocycles. The van der Waals surface area contributed by atoms with Crippen LogP contribution in [0.4, 0.5) is 11.4 Å². The van der Waals surface area contributed by atoms with Crippen LogP contribution in [-0.4, -0.2) is 12.0 Å². The first kappa shape index (κ1) is 14.2. The number of ether oxygens (including phenoxy) is 1. The van der Waals surface area contributed by atoms with Crippen molar-refractivity contribution in [1.82, 2.24) is 0 Å². The van der Waals surface area contributed by atoms with Gasteiger partial charge in [-0.2, -0.15) is 0 Å². The van der Waals surface area contributed by atoms with Crippen molar-refractivity contribution in [3.8, 4) is 5.75 Å². The Hall–Kier alpha value is -1.71. The number of hydrogen-bond acceptors (Lipinski definition) is 3. The third kappa shape index (κ3) is 2.99. The molecule has 0 radical (unpaired) electrons. The van der Waals surface area contributed by atoms with Crippen molar-refractivity contribution in [2.75, 3.05) is 11.1 Å². The summed E-state index contributed by atoms with van der Waals surface area (Å²) in [6, 6.07) is 3.74. The fourth-order valence-corrected chi connectivity index (χ4v) is 3.90. The predicted octanol–water partition coefficient (Wildman–Crippen LogP) is 3.36. The van der Waals surface area contributed by atoms with E-state index in [0.717, 1.165) is 24.1 Å². The molecule has 0 bridgehead atoms. The molecule has 2 aliphatic rings. The molecule has 1 saturated carbocycles. The lowest BCUT2D eigenvalue weighted by Crippen LogP contribution is -2.34. The number of nitrogens with two attached hydrogens (primary N) is 1. The lowest BCUT2D eigenvalue weighted by atomic mass is 9.71. The van der Waals surface area contributed by atoms with Crippen molar-refractivity contribution in [2.24, 2.45) is 11.3 Å². The average Bonchev–Trinajstić information content (AvgIpc) is 2.66. The lowest BCUT2D eigenvalue weighted by molar-refractivity contribution is -0.115. The highest BCUT2D eigenvalue weighted by atomic mass is 16.5. The van der Waals surface area contributed by atoms with Gasteiger partial charge in [0.25, 0.3) is 0 Å². The number of fused-ring (bicyclic) bond motifs is 1. The Bertz CT molecular complexity index is 580. The number of nitrogens with one attached hydrogen (secondary N) is 1. The number of hydrogen-bond donors (Lipinski definition) is 2. The first-order valence-electron chi connectivity index (χ1n) is 7.71. The highest BCUT2D eigenvalue weighted by Gasteiger charge is 2.33. The summed E-state index contributed by atoms with van der Waals surface area (Å²) in [5.41, 5.74) is 8.83. The zero-order valence-corrected chi connectivity index (χ0v) is 13.0. The van der Waals surface area contributed by atoms with Crippen molar-refractivity contribution in [3.63, 3.8) is 0 Å². The van der Waals surface area contributed by atoms with Gasteiger partial charge in [-0.15, -0.1) is 0 Å². The molecular weight excluding hydrogens is 264 g/mol. The molecule has 2 unspecified atom stereocenters. The lowest BCUT2D eigenvalue weighted by Gasteiger charge is -2.39. The van der Waals surface area contributed by atoms with Crippen LogP contribution in [0, 0.1) is 11.3 Å². The molecule has 1 aliphatic heterocycles. The predicted molar refractivity (Wildman–Crippen MR) is 84.4 cm³/mol. The smallest absolute Gasteiger partial charge is 0.228 e. The molecule has 3 N–H and O–H groups in total. The van der Waals surface area contributed by atoms with Crippen LogP contribution in [0.25, 0.3) is 0 Å². The molecule has 1 aromatic carbocycles. The first-order valence-corrected chi connectivity index (χ1v) is 7.71. The highest BCUT2D eigenvalue weighted by Crippen LogP contribution is 2.41. The van der Waals surface area contributed by atoms with E-state index in [1.165, 1.54) is 6.42 Å². The Morgan fingerprint density at radius 3 is 2.81 bits per heavy atom. The Kier molecular flexibility index (Phi) is 3.34. The van der Waals surface area contributed by atoms with Crippen molar-refractivity contribution in [2.45, 2.75) is 52.6 Å². The summed E-state index contributed by atoms with van der Waals surface area (Å²) in [4.78, 5) is 11.4. The van der Waals surface area contributed by atoms with Gasteiger partial charge in [0.2, 0.25) is 5.91 Å². The van der Waals surface area contributed by atoms with Gasteiger partial charge in [-0.25, -0.2) is 0 Å². The summed E-state index contributed by atoms with van der Waals surface area (Å²) in [7, 11) is 0. The van der Waals surface area contributed by atoms with E-state index < -0.39 is 0 Å². The van der Waals surface area contributed by atoms with Gasteiger partial charge in [0.15, 0.2) is 0 Å². The van der Waals surface area contributed by atoms with Gasteiger partial charge in [-0.3, -0.25) is 4.79 Å². The highest BCUT2D eigenvalue weighted by molar-refractivity contribution is 6.00. The minimum absolute atomic E-state index is 0.0222. The minimum atomic E-state index is 0.0222. The first-order chi connectivity index (χ1) is 9.82. The SMILES string of the molecule is CC1CC(Oc2cc3c(cc2N)CC(=O)N3)CC(C)(C)C1. The van der Waals surface area contributed by atoms with Crippen LogP contribution in [0.15, 0.2) is 12.1 Å². The van der Waals surface area contributed by atoms with Crippen LogP contribution in [0.3, 0.4) is 0 Å². The minimum Gasteiger partial charge on any atom is -0.488 e. The Morgan fingerprint density at radius 2 is 2.10 bits per heavy atom. The molecule has 1 heterocycles. The molecule has 0 aromatic heterocycles. The number of nitrogen functional groups attached to an aromatic ring is 1. The summed E-state index contributed by atoms with van der Waals surface area (Å²) < 4.78 is 6.18. The van der Waals surface area contributed by atoms with Crippen molar-refractivity contribution in [3.05, 3.63) is 17.7 Å². The fourth-order valence-electron chi connectivity index (χ4n) is 3.90. The molecule has 21 heavy (non-hydrogen) atoms. The van der Waals surface area contributed by atoms with E-state index in [1.807, 2.05) is 12.1 Å². The molecule has 3 rings (SSSR count). The van der Waals surface area contributed by atoms with E-state index >= 15 is 0 Å². The Balaban J connectivity index is 1.79. The van der Waals surface area contributed by atoms with Gasteiger partial charge in [0.05, 0.1) is 18.2 Å². The molecule has 4 heteroatoms. The second-order valence-electron chi connectivity index (χ2n) is 7.43. The second kappa shape index (κ2) is 4.93. The van der Waals surface area contributed by atoms with Crippen LogP contribution in [-0.2, 0) is 11.2 Å². The maximum Gasteiger partial charge on any atom is 0.228 e. The number of carbonyl (C=O) groups excluding carboxylic acids is 1. The van der Waals surface area contributed by atoms with E-state index in [9.17, 15) is 4.79 Å². The normalized spacial score (nSPS) is 27.1. The molecule has 0 saturated heterocycles. The molecule has 1 amide bonds. The Morgan fingerprint density at radius 1 is 1.33 bits per heavy atom. The zero-order chi connectivity index (χ0) is 15.2. The molecular formula is C17H24N2O2. The number of carbonyl (C=O) groups is 1. The van der Waals surface area contributed by atoms with Crippen LogP contribution >= 0.6 is 0 Å². The topological polar surface area (TPSA) is 64.3 Å². The molecule has 0 spiro atoms. The number of amides is 1. The molecule has 1 aromatic rings. The summed E-state index contributed by atoms with van der Waals surface area (Å²) in [6.07, 6.45) is 3.95. The van der Waals surface area contributed by atoms with Gasteiger partial charge < -0.3 is 15.8 Å². The van der Waals surface area contributed by atoms with Gasteiger partial charge in [-0.05, 0) is 42.2 Å². The Labute approximate surface area is 126 Å². The summed E-state index contributed by atoms with van der Waals surface area (Å²) in [5.74, 6) is 1.38. The number of benzene rings is 1. The largest absolute Gasteiger partial charge is 0.488 e. The average molecular weight is 288 g/mol. The number of anilines is 2. The quantitative estimate of drug-likeness (QED) is 0.820. The summed E-state index contributed by atoms with van der Waals surface area (Å²) in [5, 5.41) is 2.85. The van der Waals surface area contributed by atoms with E-state index in [2.05, 4.69) is 26.1 Å². The summed E-state index contributed by atoms with van der Waals surface area (Å²) in [6.45, 7) is 6.88. The fraction of sp³-hybridized carbons (Fsp3) is 0.588. The van der Waals surface area contributed by atoms with Crippen molar-refractivity contribution >= 4 is 17.3 Å². The van der Waals surface area contributed by atoms with E-state index in [1.54, 1.807) is 0 Å². The van der Waals surface area contributed by atoms with Gasteiger partial charge in [0.1, 0.15) is 5.75 Å². The maximum absolute atomic E-state index is 11.4. The van der Waals surface area contributed by atoms with Gasteiger partial charge in [0, 0.05) is 11.8 Å². The number of rotatable bonds is 2. The second-order valence-corrected chi connectivity index (χ2v) is 7.43. The molecule has 4 nitrogen and oxygen atoms in total. The third-order valence-electron chi connectivity index (χ3n) is 4.50. The van der Waals surface area contributed by atoms with Gasteiger partial charge >= 0.3 is 0 Å². The summed E-state index contributed by atoms with van der Waals surface area (Å²) >= 11 is 0. The monoisotopic (exact) mass is 288 g/mol. The van der Waals surface area contributed by atoms with Crippen LogP contribution in [0.5, 0.6) is 5.75 Å². The van der Waals surface area contributed by atoms with Crippen LogP contribution in [0.2, 0.25) is 0 Å². The van der Waals surface area contributed by atoms with Crippen LogP contribution < -0.4 is 15.8 Å². The van der Waals surface area contributed by atoms with Gasteiger partial charge in [-0.1, -0.05) is 20.8 Å². The van der Waals surface area contributed by atoms with Crippen molar-refractivity contribution in [1.29, 1.82) is 0 Å².